The zero-order chi connectivity index (χ0) is 12.4. The topological polar surface area (TPSA) is 51.8 Å². The molecule has 1 atom stereocenters. The Morgan fingerprint density at radius 1 is 1.29 bits per heavy atom. The fourth-order valence-corrected chi connectivity index (χ4v) is 2.64. The average molecular weight is 247 g/mol. The molecule has 0 bridgehead atoms. The van der Waals surface area contributed by atoms with Gasteiger partial charge >= 0.3 is 0 Å². The van der Waals surface area contributed by atoms with E-state index in [1.165, 1.54) is 11.1 Å². The van der Waals surface area contributed by atoms with E-state index >= 15 is 0 Å². The molecule has 90 valence electrons. The smallest absolute Gasteiger partial charge is 0.148 e. The Morgan fingerprint density at radius 2 is 2.06 bits per heavy atom. The van der Waals surface area contributed by atoms with Crippen LogP contribution >= 0.6 is 11.3 Å². The third-order valence-electron chi connectivity index (χ3n) is 2.82. The summed E-state index contributed by atoms with van der Waals surface area (Å²) in [5.41, 5.74) is 9.59. The summed E-state index contributed by atoms with van der Waals surface area (Å²) in [4.78, 5) is 0. The Bertz CT molecular complexity index is 519. The normalized spacial score (nSPS) is 12.7. The lowest BCUT2D eigenvalue weighted by Crippen LogP contribution is -2.07. The van der Waals surface area contributed by atoms with Crippen LogP contribution in [0.25, 0.3) is 10.6 Å². The quantitative estimate of drug-likeness (QED) is 0.906. The standard InChI is InChI=1S/C13H17N3S/c1-4-11(14)13-16-15-12(17-13)10-7-8(2)5-6-9(10)3/h5-7,11H,4,14H2,1-3H3. The van der Waals surface area contributed by atoms with Gasteiger partial charge in [-0.25, -0.2) is 0 Å². The molecule has 1 heterocycles. The van der Waals surface area contributed by atoms with Gasteiger partial charge in [-0.1, -0.05) is 36.0 Å². The number of aromatic nitrogens is 2. The molecule has 0 saturated heterocycles. The van der Waals surface area contributed by atoms with Crippen LogP contribution in [0.4, 0.5) is 0 Å². The van der Waals surface area contributed by atoms with Gasteiger partial charge in [0.05, 0.1) is 6.04 Å². The van der Waals surface area contributed by atoms with E-state index in [2.05, 4.69) is 49.2 Å². The Hall–Kier alpha value is -1.26. The second-order valence-corrected chi connectivity index (χ2v) is 5.29. The Labute approximate surface area is 106 Å². The zero-order valence-corrected chi connectivity index (χ0v) is 11.2. The van der Waals surface area contributed by atoms with Crippen molar-refractivity contribution in [1.29, 1.82) is 0 Å². The number of hydrogen-bond acceptors (Lipinski definition) is 4. The third-order valence-corrected chi connectivity index (χ3v) is 3.91. The first kappa shape index (κ1) is 12.2. The molecule has 0 spiro atoms. The van der Waals surface area contributed by atoms with E-state index in [0.717, 1.165) is 22.0 Å². The molecule has 0 aliphatic carbocycles. The number of nitrogens with zero attached hydrogens (tertiary/aromatic N) is 2. The zero-order valence-electron chi connectivity index (χ0n) is 10.4. The minimum Gasteiger partial charge on any atom is -0.322 e. The van der Waals surface area contributed by atoms with Crippen LogP contribution in [0.15, 0.2) is 18.2 Å². The van der Waals surface area contributed by atoms with Crippen molar-refractivity contribution in [3.05, 3.63) is 34.3 Å². The van der Waals surface area contributed by atoms with Crippen LogP contribution in [0, 0.1) is 13.8 Å². The van der Waals surface area contributed by atoms with Gasteiger partial charge in [0.2, 0.25) is 0 Å². The third kappa shape index (κ3) is 2.53. The molecule has 0 radical (unpaired) electrons. The second-order valence-electron chi connectivity index (χ2n) is 4.28. The SMILES string of the molecule is CCC(N)c1nnc(-c2cc(C)ccc2C)s1. The highest BCUT2D eigenvalue weighted by Gasteiger charge is 2.13. The van der Waals surface area contributed by atoms with Gasteiger partial charge in [0.15, 0.2) is 0 Å². The summed E-state index contributed by atoms with van der Waals surface area (Å²) >= 11 is 1.59. The van der Waals surface area contributed by atoms with Crippen molar-refractivity contribution in [3.63, 3.8) is 0 Å². The van der Waals surface area contributed by atoms with Gasteiger partial charge in [-0.3, -0.25) is 0 Å². The highest BCUT2D eigenvalue weighted by atomic mass is 32.1. The van der Waals surface area contributed by atoms with E-state index in [1.807, 2.05) is 0 Å². The Kier molecular flexibility index (Phi) is 3.54. The molecule has 3 nitrogen and oxygen atoms in total. The van der Waals surface area contributed by atoms with E-state index in [1.54, 1.807) is 11.3 Å². The first-order valence-electron chi connectivity index (χ1n) is 5.78. The van der Waals surface area contributed by atoms with Gasteiger partial charge in [-0.2, -0.15) is 0 Å². The highest BCUT2D eigenvalue weighted by molar-refractivity contribution is 7.14. The van der Waals surface area contributed by atoms with Crippen LogP contribution in [0.5, 0.6) is 0 Å². The fraction of sp³-hybridized carbons (Fsp3) is 0.385. The van der Waals surface area contributed by atoms with Crippen molar-refractivity contribution in [3.8, 4) is 10.6 Å². The average Bonchev–Trinajstić information content (AvgIpc) is 2.80. The van der Waals surface area contributed by atoms with Crippen LogP contribution in [-0.4, -0.2) is 10.2 Å². The molecular formula is C13H17N3S. The van der Waals surface area contributed by atoms with Crippen molar-refractivity contribution in [1.82, 2.24) is 10.2 Å². The lowest BCUT2D eigenvalue weighted by molar-refractivity contribution is 0.683. The van der Waals surface area contributed by atoms with Gasteiger partial charge < -0.3 is 5.73 Å². The maximum absolute atomic E-state index is 5.96. The van der Waals surface area contributed by atoms with Gasteiger partial charge in [-0.15, -0.1) is 10.2 Å². The summed E-state index contributed by atoms with van der Waals surface area (Å²) in [6.45, 7) is 6.24. The number of aryl methyl sites for hydroxylation is 2. The summed E-state index contributed by atoms with van der Waals surface area (Å²) in [7, 11) is 0. The molecule has 0 saturated carbocycles. The molecular weight excluding hydrogens is 230 g/mol. The summed E-state index contributed by atoms with van der Waals surface area (Å²) < 4.78 is 0. The van der Waals surface area contributed by atoms with E-state index in [9.17, 15) is 0 Å². The predicted molar refractivity (Wildman–Crippen MR) is 72.0 cm³/mol. The largest absolute Gasteiger partial charge is 0.322 e. The van der Waals surface area contributed by atoms with Crippen molar-refractivity contribution in [2.75, 3.05) is 0 Å². The molecule has 4 heteroatoms. The number of rotatable bonds is 3. The molecule has 0 aliphatic rings. The number of benzene rings is 1. The molecule has 0 aliphatic heterocycles. The maximum atomic E-state index is 5.96. The van der Waals surface area contributed by atoms with Crippen molar-refractivity contribution >= 4 is 11.3 Å². The summed E-state index contributed by atoms with van der Waals surface area (Å²) in [6, 6.07) is 6.38. The van der Waals surface area contributed by atoms with E-state index in [-0.39, 0.29) is 6.04 Å². The monoisotopic (exact) mass is 247 g/mol. The van der Waals surface area contributed by atoms with E-state index < -0.39 is 0 Å². The first-order chi connectivity index (χ1) is 8.11. The lowest BCUT2D eigenvalue weighted by Gasteiger charge is -2.03. The summed E-state index contributed by atoms with van der Waals surface area (Å²) in [5, 5.41) is 10.3. The highest BCUT2D eigenvalue weighted by Crippen LogP contribution is 2.29. The van der Waals surface area contributed by atoms with Crippen LogP contribution < -0.4 is 5.73 Å². The van der Waals surface area contributed by atoms with Gasteiger partial charge in [0, 0.05) is 5.56 Å². The first-order valence-corrected chi connectivity index (χ1v) is 6.60. The van der Waals surface area contributed by atoms with Gasteiger partial charge in [0.25, 0.3) is 0 Å². The minimum absolute atomic E-state index is 0.00589. The molecule has 17 heavy (non-hydrogen) atoms. The van der Waals surface area contributed by atoms with Gasteiger partial charge in [-0.05, 0) is 31.9 Å². The second kappa shape index (κ2) is 4.94. The van der Waals surface area contributed by atoms with Crippen LogP contribution in [0.1, 0.15) is 35.5 Å². The van der Waals surface area contributed by atoms with Crippen LogP contribution in [-0.2, 0) is 0 Å². The summed E-state index contributed by atoms with van der Waals surface area (Å²) in [6.07, 6.45) is 0.890. The molecule has 2 N–H and O–H groups in total. The molecule has 1 unspecified atom stereocenters. The molecule has 0 amide bonds. The van der Waals surface area contributed by atoms with Crippen LogP contribution in [0.2, 0.25) is 0 Å². The lowest BCUT2D eigenvalue weighted by atomic mass is 10.1. The Morgan fingerprint density at radius 3 is 2.76 bits per heavy atom. The molecule has 2 aromatic rings. The Balaban J connectivity index is 2.40. The van der Waals surface area contributed by atoms with Gasteiger partial charge in [0.1, 0.15) is 10.0 Å². The van der Waals surface area contributed by atoms with Crippen molar-refractivity contribution < 1.29 is 0 Å². The molecule has 1 aromatic carbocycles. The van der Waals surface area contributed by atoms with Crippen molar-refractivity contribution in [2.45, 2.75) is 33.2 Å². The molecule has 2 rings (SSSR count). The predicted octanol–water partition coefficient (Wildman–Crippen LogP) is 3.23. The van der Waals surface area contributed by atoms with Crippen molar-refractivity contribution in [2.24, 2.45) is 5.73 Å². The number of hydrogen-bond donors (Lipinski definition) is 1. The number of nitrogens with two attached hydrogens (primary N) is 1. The maximum Gasteiger partial charge on any atom is 0.148 e. The molecule has 1 aromatic heterocycles. The summed E-state index contributed by atoms with van der Waals surface area (Å²) in [5.74, 6) is 0. The van der Waals surface area contributed by atoms with E-state index in [0.29, 0.717) is 0 Å². The van der Waals surface area contributed by atoms with Crippen LogP contribution in [0.3, 0.4) is 0 Å². The molecule has 0 fully saturated rings. The van der Waals surface area contributed by atoms with E-state index in [4.69, 9.17) is 5.73 Å². The fourth-order valence-electron chi connectivity index (χ4n) is 1.63. The minimum atomic E-state index is 0.00589.